The predicted molar refractivity (Wildman–Crippen MR) is 86.1 cm³/mol. The molecular weight excluding hydrogens is 304 g/mol. The van der Waals surface area contributed by atoms with Crippen LogP contribution in [0.5, 0.6) is 0 Å². The average molecular weight is 322 g/mol. The van der Waals surface area contributed by atoms with Crippen LogP contribution in [-0.2, 0) is 9.59 Å². The summed E-state index contributed by atoms with van der Waals surface area (Å²) in [5, 5.41) is 3.88. The molecule has 3 aliphatic rings. The van der Waals surface area contributed by atoms with Crippen molar-refractivity contribution in [2.24, 2.45) is 23.7 Å². The Kier molecular flexibility index (Phi) is 2.78. The fraction of sp³-hybridized carbons (Fsp3) is 0.421. The summed E-state index contributed by atoms with van der Waals surface area (Å²) in [5.74, 6) is 1.35. The molecule has 2 saturated carbocycles. The number of rotatable bonds is 2. The van der Waals surface area contributed by atoms with Gasteiger partial charge < -0.3 is 4.52 Å². The van der Waals surface area contributed by atoms with E-state index in [0.29, 0.717) is 23.4 Å². The first-order valence-electron chi connectivity index (χ1n) is 8.51. The minimum atomic E-state index is -0.196. The first-order chi connectivity index (χ1) is 11.6. The van der Waals surface area contributed by atoms with E-state index in [1.54, 1.807) is 13.0 Å². The molecule has 5 nitrogen and oxygen atoms in total. The quantitative estimate of drug-likeness (QED) is 0.798. The van der Waals surface area contributed by atoms with Gasteiger partial charge in [0.1, 0.15) is 5.76 Å². The Morgan fingerprint density at radius 1 is 1.08 bits per heavy atom. The van der Waals surface area contributed by atoms with Crippen LogP contribution in [0.3, 0.4) is 0 Å². The van der Waals surface area contributed by atoms with E-state index in [4.69, 9.17) is 4.52 Å². The second kappa shape index (κ2) is 4.79. The highest BCUT2D eigenvalue weighted by atomic mass is 16.5. The Labute approximate surface area is 139 Å². The molecule has 1 aromatic heterocycles. The van der Waals surface area contributed by atoms with Gasteiger partial charge in [0, 0.05) is 6.07 Å². The Balaban J connectivity index is 1.50. The Morgan fingerprint density at radius 3 is 2.54 bits per heavy atom. The van der Waals surface area contributed by atoms with Crippen molar-refractivity contribution in [3.05, 3.63) is 47.7 Å². The summed E-state index contributed by atoms with van der Waals surface area (Å²) in [6, 6.07) is 12.0. The summed E-state index contributed by atoms with van der Waals surface area (Å²) in [4.78, 5) is 27.1. The zero-order valence-electron chi connectivity index (χ0n) is 13.4. The fourth-order valence-corrected chi connectivity index (χ4v) is 5.23. The van der Waals surface area contributed by atoms with E-state index in [1.807, 2.05) is 18.2 Å². The molecule has 5 heteroatoms. The topological polar surface area (TPSA) is 63.4 Å². The average Bonchev–Trinajstić information content (AvgIpc) is 3.32. The number of amides is 2. The second-order valence-corrected chi connectivity index (χ2v) is 7.27. The number of nitrogens with zero attached hydrogens (tertiary/aromatic N) is 2. The minimum absolute atomic E-state index is 0.0858. The summed E-state index contributed by atoms with van der Waals surface area (Å²) >= 11 is 0. The molecule has 2 aromatic rings. The van der Waals surface area contributed by atoms with Crippen molar-refractivity contribution in [2.75, 3.05) is 4.90 Å². The van der Waals surface area contributed by atoms with Crippen molar-refractivity contribution < 1.29 is 14.1 Å². The van der Waals surface area contributed by atoms with Crippen molar-refractivity contribution in [3.8, 4) is 0 Å². The van der Waals surface area contributed by atoms with Crippen LogP contribution in [0, 0.1) is 30.6 Å². The number of imide groups is 1. The molecule has 122 valence electrons. The van der Waals surface area contributed by atoms with Crippen LogP contribution < -0.4 is 4.90 Å². The van der Waals surface area contributed by atoms with Crippen LogP contribution in [0.15, 0.2) is 40.9 Å². The minimum Gasteiger partial charge on any atom is -0.360 e. The highest BCUT2D eigenvalue weighted by Crippen LogP contribution is 2.61. The predicted octanol–water partition coefficient (Wildman–Crippen LogP) is 2.91. The van der Waals surface area contributed by atoms with Gasteiger partial charge in [0.05, 0.1) is 11.8 Å². The Morgan fingerprint density at radius 2 is 1.83 bits per heavy atom. The number of carbonyl (C=O) groups excluding carboxylic acids is 2. The number of aromatic nitrogens is 1. The molecule has 1 aromatic carbocycles. The van der Waals surface area contributed by atoms with E-state index in [9.17, 15) is 9.59 Å². The molecule has 2 amide bonds. The maximum Gasteiger partial charge on any atom is 0.239 e. The molecule has 1 saturated heterocycles. The molecule has 24 heavy (non-hydrogen) atoms. The van der Waals surface area contributed by atoms with Gasteiger partial charge >= 0.3 is 0 Å². The third kappa shape index (κ3) is 1.72. The molecule has 2 bridgehead atoms. The van der Waals surface area contributed by atoms with E-state index in [-0.39, 0.29) is 29.6 Å². The van der Waals surface area contributed by atoms with E-state index in [1.165, 1.54) is 10.5 Å². The summed E-state index contributed by atoms with van der Waals surface area (Å²) in [6.07, 6.45) is 1.98. The lowest BCUT2D eigenvalue weighted by molar-refractivity contribution is -0.123. The maximum absolute atomic E-state index is 13.0. The number of anilines is 1. The first kappa shape index (κ1) is 14.0. The molecule has 0 unspecified atom stereocenters. The molecular formula is C19H18N2O3. The molecule has 1 aliphatic heterocycles. The van der Waals surface area contributed by atoms with E-state index in [2.05, 4.69) is 17.3 Å². The van der Waals surface area contributed by atoms with Crippen molar-refractivity contribution >= 4 is 17.6 Å². The van der Waals surface area contributed by atoms with Gasteiger partial charge in [-0.25, -0.2) is 4.90 Å². The molecule has 3 fully saturated rings. The van der Waals surface area contributed by atoms with Crippen LogP contribution >= 0.6 is 0 Å². The third-order valence-corrected chi connectivity index (χ3v) is 6.09. The Bertz CT molecular complexity index is 828. The SMILES string of the molecule is Cc1cc(N2C(=O)[C@H]3[C@@H]4C[C@@H]([C@@H]3C2=O)[C@@H](c2ccccc2)C4)no1. The highest BCUT2D eigenvalue weighted by Gasteiger charge is 2.64. The number of hydrogen-bond donors (Lipinski definition) is 0. The van der Waals surface area contributed by atoms with Gasteiger partial charge in [-0.1, -0.05) is 35.5 Å². The van der Waals surface area contributed by atoms with Gasteiger partial charge in [-0.2, -0.15) is 0 Å². The summed E-state index contributed by atoms with van der Waals surface area (Å²) in [7, 11) is 0. The highest BCUT2D eigenvalue weighted by molar-refractivity contribution is 6.22. The normalized spacial score (nSPS) is 34.2. The third-order valence-electron chi connectivity index (χ3n) is 6.09. The molecule has 2 heterocycles. The molecule has 5 atom stereocenters. The summed E-state index contributed by atoms with van der Waals surface area (Å²) in [6.45, 7) is 1.76. The smallest absolute Gasteiger partial charge is 0.239 e. The number of benzene rings is 1. The maximum atomic E-state index is 13.0. The van der Waals surface area contributed by atoms with Gasteiger partial charge in [0.2, 0.25) is 11.8 Å². The lowest BCUT2D eigenvalue weighted by Crippen LogP contribution is -2.33. The van der Waals surface area contributed by atoms with Gasteiger partial charge in [-0.05, 0) is 43.1 Å². The molecule has 0 radical (unpaired) electrons. The molecule has 5 rings (SSSR count). The van der Waals surface area contributed by atoms with Crippen molar-refractivity contribution in [3.63, 3.8) is 0 Å². The first-order valence-corrected chi connectivity index (χ1v) is 8.51. The Hall–Kier alpha value is -2.43. The van der Waals surface area contributed by atoms with Gasteiger partial charge in [0.15, 0.2) is 5.82 Å². The van der Waals surface area contributed by atoms with Crippen LogP contribution in [0.1, 0.15) is 30.1 Å². The lowest BCUT2D eigenvalue weighted by atomic mass is 9.73. The summed E-state index contributed by atoms with van der Waals surface area (Å²) < 4.78 is 5.06. The summed E-state index contributed by atoms with van der Waals surface area (Å²) in [5.41, 5.74) is 1.29. The molecule has 2 aliphatic carbocycles. The monoisotopic (exact) mass is 322 g/mol. The van der Waals surface area contributed by atoms with E-state index in [0.717, 1.165) is 12.8 Å². The van der Waals surface area contributed by atoms with E-state index < -0.39 is 0 Å². The van der Waals surface area contributed by atoms with Gasteiger partial charge in [0.25, 0.3) is 0 Å². The standard InChI is InChI=1S/C19H18N2O3/c1-10-7-15(20-24-10)21-18(22)16-12-8-13(11-5-3-2-4-6-11)14(9-12)17(16)19(21)23/h2-7,12-14,16-17H,8-9H2,1H3/t12-,13+,14+,16-,17-/m0/s1. The van der Waals surface area contributed by atoms with Crippen LogP contribution in [0.4, 0.5) is 5.82 Å². The van der Waals surface area contributed by atoms with Crippen molar-refractivity contribution in [1.82, 2.24) is 5.16 Å². The number of carbonyl (C=O) groups is 2. The zero-order chi connectivity index (χ0) is 16.4. The number of fused-ring (bicyclic) bond motifs is 5. The molecule has 0 N–H and O–H groups in total. The van der Waals surface area contributed by atoms with Crippen LogP contribution in [-0.4, -0.2) is 17.0 Å². The van der Waals surface area contributed by atoms with Crippen molar-refractivity contribution in [2.45, 2.75) is 25.7 Å². The zero-order valence-corrected chi connectivity index (χ0v) is 13.4. The fourth-order valence-electron chi connectivity index (χ4n) is 5.23. The largest absolute Gasteiger partial charge is 0.360 e. The number of hydrogen-bond acceptors (Lipinski definition) is 4. The number of aryl methyl sites for hydroxylation is 1. The van der Waals surface area contributed by atoms with Crippen molar-refractivity contribution in [1.29, 1.82) is 0 Å². The second-order valence-electron chi connectivity index (χ2n) is 7.27. The van der Waals surface area contributed by atoms with Crippen LogP contribution in [0.2, 0.25) is 0 Å². The van der Waals surface area contributed by atoms with E-state index >= 15 is 0 Å². The lowest BCUT2D eigenvalue weighted by Gasteiger charge is -2.28. The van der Waals surface area contributed by atoms with Gasteiger partial charge in [-0.15, -0.1) is 0 Å². The van der Waals surface area contributed by atoms with Crippen LogP contribution in [0.25, 0.3) is 0 Å². The molecule has 0 spiro atoms. The van der Waals surface area contributed by atoms with Gasteiger partial charge in [-0.3, -0.25) is 9.59 Å².